The Labute approximate surface area is 58.2 Å². The first-order valence-electron chi connectivity index (χ1n) is 2.44. The Hall–Kier alpha value is 0.190. The molecule has 0 saturated heterocycles. The number of hydrogen-bond acceptors (Lipinski definition) is 3. The summed E-state index contributed by atoms with van der Waals surface area (Å²) in [5.41, 5.74) is 0. The smallest absolute Gasteiger partial charge is 0.102 e. The van der Waals surface area contributed by atoms with Crippen LogP contribution in [-0.4, -0.2) is 11.5 Å². The molecule has 0 bridgehead atoms. The number of nitriles is 1. The zero-order valence-corrected chi connectivity index (χ0v) is 6.68. The van der Waals surface area contributed by atoms with Crippen molar-refractivity contribution in [1.29, 1.82) is 5.26 Å². The fourth-order valence-electron chi connectivity index (χ4n) is 0.297. The third-order valence-electron chi connectivity index (χ3n) is 0.727. The van der Waals surface area contributed by atoms with E-state index in [-0.39, 0.29) is 5.25 Å². The minimum Gasteiger partial charge on any atom is -0.197 e. The molecule has 0 spiro atoms. The molecule has 0 amide bonds. The maximum Gasteiger partial charge on any atom is 0.102 e. The van der Waals surface area contributed by atoms with Crippen LogP contribution < -0.4 is 0 Å². The average Bonchev–Trinajstić information content (AvgIpc) is 1.83. The highest BCUT2D eigenvalue weighted by atomic mass is 33.1. The second-order valence-electron chi connectivity index (χ2n) is 1.29. The Morgan fingerprint density at radius 1 is 1.75 bits per heavy atom. The molecule has 1 nitrogen and oxygen atoms in total. The lowest BCUT2D eigenvalue weighted by Crippen LogP contribution is -1.91. The van der Waals surface area contributed by atoms with Gasteiger partial charge >= 0.3 is 0 Å². The van der Waals surface area contributed by atoms with E-state index in [9.17, 15) is 0 Å². The molecule has 0 aliphatic rings. The second-order valence-corrected chi connectivity index (χ2v) is 3.96. The van der Waals surface area contributed by atoms with Crippen molar-refractivity contribution in [1.82, 2.24) is 0 Å². The van der Waals surface area contributed by atoms with Crippen molar-refractivity contribution in [3.63, 3.8) is 0 Å². The van der Waals surface area contributed by atoms with E-state index in [1.807, 2.05) is 13.2 Å². The summed E-state index contributed by atoms with van der Waals surface area (Å²) in [6.07, 6.45) is 2.94. The predicted octanol–water partition coefficient (Wildman–Crippen LogP) is 2.30. The largest absolute Gasteiger partial charge is 0.197 e. The standard InChI is InChI=1S/C5H9NS2/c1-3-5(4-6)8-7-2/h5H,3H2,1-2H3. The summed E-state index contributed by atoms with van der Waals surface area (Å²) < 4.78 is 0. The summed E-state index contributed by atoms with van der Waals surface area (Å²) in [6, 6.07) is 2.19. The maximum absolute atomic E-state index is 8.37. The molecule has 0 N–H and O–H groups in total. The molecular weight excluding hydrogens is 138 g/mol. The molecule has 0 fully saturated rings. The van der Waals surface area contributed by atoms with Gasteiger partial charge in [-0.15, -0.1) is 0 Å². The van der Waals surface area contributed by atoms with Crippen LogP contribution in [0.2, 0.25) is 0 Å². The topological polar surface area (TPSA) is 23.8 Å². The third kappa shape index (κ3) is 3.23. The van der Waals surface area contributed by atoms with Gasteiger partial charge in [0, 0.05) is 0 Å². The molecule has 8 heavy (non-hydrogen) atoms. The lowest BCUT2D eigenvalue weighted by atomic mass is 10.4. The van der Waals surface area contributed by atoms with Crippen molar-refractivity contribution in [2.45, 2.75) is 18.6 Å². The lowest BCUT2D eigenvalue weighted by molar-refractivity contribution is 0.992. The summed E-state index contributed by atoms with van der Waals surface area (Å²) in [5, 5.41) is 8.56. The van der Waals surface area contributed by atoms with Crippen molar-refractivity contribution in [2.24, 2.45) is 0 Å². The first-order valence-corrected chi connectivity index (χ1v) is 5.06. The Morgan fingerprint density at radius 2 is 2.38 bits per heavy atom. The summed E-state index contributed by atoms with van der Waals surface area (Å²) in [7, 11) is 3.28. The summed E-state index contributed by atoms with van der Waals surface area (Å²) in [5.74, 6) is 0. The van der Waals surface area contributed by atoms with Gasteiger partial charge in [-0.05, 0) is 12.7 Å². The van der Waals surface area contributed by atoms with Crippen molar-refractivity contribution in [2.75, 3.05) is 6.26 Å². The average molecular weight is 147 g/mol. The third-order valence-corrected chi connectivity index (χ3v) is 2.86. The first-order chi connectivity index (χ1) is 3.85. The minimum absolute atomic E-state index is 0.185. The quantitative estimate of drug-likeness (QED) is 0.572. The van der Waals surface area contributed by atoms with Gasteiger partial charge in [-0.3, -0.25) is 0 Å². The maximum atomic E-state index is 8.37. The molecule has 0 saturated carbocycles. The lowest BCUT2D eigenvalue weighted by Gasteiger charge is -1.98. The summed E-state index contributed by atoms with van der Waals surface area (Å²) in [6.45, 7) is 2.02. The SMILES string of the molecule is CCC(C#N)SSC. The van der Waals surface area contributed by atoms with Gasteiger partial charge in [0.15, 0.2) is 0 Å². The number of nitrogens with zero attached hydrogens (tertiary/aromatic N) is 1. The van der Waals surface area contributed by atoms with E-state index in [2.05, 4.69) is 6.07 Å². The van der Waals surface area contributed by atoms with Crippen LogP contribution in [0.1, 0.15) is 13.3 Å². The van der Waals surface area contributed by atoms with Crippen LogP contribution in [0.15, 0.2) is 0 Å². The minimum atomic E-state index is 0.185. The molecule has 3 heteroatoms. The van der Waals surface area contributed by atoms with Crippen molar-refractivity contribution in [3.8, 4) is 6.07 Å². The van der Waals surface area contributed by atoms with E-state index < -0.39 is 0 Å². The second kappa shape index (κ2) is 5.33. The number of hydrogen-bond donors (Lipinski definition) is 0. The van der Waals surface area contributed by atoms with Crippen molar-refractivity contribution < 1.29 is 0 Å². The van der Waals surface area contributed by atoms with Crippen molar-refractivity contribution >= 4 is 21.6 Å². The fourth-order valence-corrected chi connectivity index (χ4v) is 1.94. The van der Waals surface area contributed by atoms with Gasteiger partial charge in [-0.1, -0.05) is 28.5 Å². The van der Waals surface area contributed by atoms with E-state index in [1.165, 1.54) is 0 Å². The van der Waals surface area contributed by atoms with Gasteiger partial charge in [-0.2, -0.15) is 5.26 Å². The zero-order valence-electron chi connectivity index (χ0n) is 5.05. The molecule has 0 rings (SSSR count). The van der Waals surface area contributed by atoms with E-state index in [1.54, 1.807) is 21.6 Å². The van der Waals surface area contributed by atoms with Crippen LogP contribution in [0.5, 0.6) is 0 Å². The van der Waals surface area contributed by atoms with E-state index in [4.69, 9.17) is 5.26 Å². The first kappa shape index (κ1) is 8.19. The molecular formula is C5H9NS2. The highest BCUT2D eigenvalue weighted by Gasteiger charge is 2.00. The molecule has 0 aromatic rings. The molecule has 0 aliphatic carbocycles. The molecule has 1 unspecified atom stereocenters. The molecule has 0 aromatic carbocycles. The Morgan fingerprint density at radius 3 is 2.50 bits per heavy atom. The van der Waals surface area contributed by atoms with Crippen LogP contribution in [0, 0.1) is 11.3 Å². The molecule has 0 radical (unpaired) electrons. The van der Waals surface area contributed by atoms with E-state index in [0.717, 1.165) is 6.42 Å². The van der Waals surface area contributed by atoms with Gasteiger partial charge in [0.05, 0.1) is 6.07 Å². The fraction of sp³-hybridized carbons (Fsp3) is 0.800. The van der Waals surface area contributed by atoms with Gasteiger partial charge in [-0.25, -0.2) is 0 Å². The van der Waals surface area contributed by atoms with Crippen molar-refractivity contribution in [3.05, 3.63) is 0 Å². The monoisotopic (exact) mass is 147 g/mol. The molecule has 0 aliphatic heterocycles. The van der Waals surface area contributed by atoms with Gasteiger partial charge < -0.3 is 0 Å². The van der Waals surface area contributed by atoms with Gasteiger partial charge in [0.1, 0.15) is 5.25 Å². The molecule has 0 heterocycles. The van der Waals surface area contributed by atoms with Gasteiger partial charge in [0.2, 0.25) is 0 Å². The molecule has 1 atom stereocenters. The zero-order chi connectivity index (χ0) is 6.41. The highest BCUT2D eigenvalue weighted by Crippen LogP contribution is 2.24. The van der Waals surface area contributed by atoms with Crippen LogP contribution in [-0.2, 0) is 0 Å². The summed E-state index contributed by atoms with van der Waals surface area (Å²) in [4.78, 5) is 0. The Balaban J connectivity index is 3.26. The molecule has 46 valence electrons. The molecule has 0 aromatic heterocycles. The van der Waals surface area contributed by atoms with Crippen LogP contribution in [0.25, 0.3) is 0 Å². The van der Waals surface area contributed by atoms with Crippen LogP contribution in [0.4, 0.5) is 0 Å². The normalized spacial score (nSPS) is 12.6. The Bertz CT molecular complexity index is 86.9. The van der Waals surface area contributed by atoms with E-state index in [0.29, 0.717) is 0 Å². The van der Waals surface area contributed by atoms with Crippen LogP contribution >= 0.6 is 21.6 Å². The van der Waals surface area contributed by atoms with Crippen LogP contribution in [0.3, 0.4) is 0 Å². The highest BCUT2D eigenvalue weighted by molar-refractivity contribution is 8.76. The van der Waals surface area contributed by atoms with E-state index >= 15 is 0 Å². The summed E-state index contributed by atoms with van der Waals surface area (Å²) >= 11 is 0. The number of rotatable bonds is 3. The predicted molar refractivity (Wildman–Crippen MR) is 40.8 cm³/mol. The van der Waals surface area contributed by atoms with Gasteiger partial charge in [0.25, 0.3) is 0 Å². The Kier molecular flexibility index (Phi) is 5.46.